The molecule has 0 saturated carbocycles. The highest BCUT2D eigenvalue weighted by atomic mass is 35.5. The molecule has 0 aliphatic heterocycles. The summed E-state index contributed by atoms with van der Waals surface area (Å²) in [6, 6.07) is 0. The Hall–Kier alpha value is -1.82. The number of nitrogens with one attached hydrogen (secondary N) is 1. The average Bonchev–Trinajstić information content (AvgIpc) is 2.67. The van der Waals surface area contributed by atoms with Crippen molar-refractivity contribution in [3.63, 3.8) is 0 Å². The van der Waals surface area contributed by atoms with Gasteiger partial charge < -0.3 is 4.57 Å². The van der Waals surface area contributed by atoms with Crippen molar-refractivity contribution >= 4 is 11.6 Å². The average molecular weight is 255 g/mol. The Labute approximate surface area is 101 Å². The highest BCUT2D eigenvalue weighted by molar-refractivity contribution is 6.30. The van der Waals surface area contributed by atoms with Crippen LogP contribution in [0.15, 0.2) is 22.0 Å². The van der Waals surface area contributed by atoms with E-state index in [4.69, 9.17) is 11.6 Å². The van der Waals surface area contributed by atoms with Gasteiger partial charge in [-0.3, -0.25) is 14.3 Å². The first-order valence-electron chi connectivity index (χ1n) is 4.96. The lowest BCUT2D eigenvalue weighted by Crippen LogP contribution is -2.37. The van der Waals surface area contributed by atoms with E-state index in [0.717, 1.165) is 4.57 Å². The van der Waals surface area contributed by atoms with Crippen molar-refractivity contribution in [3.8, 4) is 0 Å². The summed E-state index contributed by atoms with van der Waals surface area (Å²) in [5.74, 6) is 0.624. The van der Waals surface area contributed by atoms with E-state index in [-0.39, 0.29) is 11.7 Å². The van der Waals surface area contributed by atoms with Crippen molar-refractivity contribution in [1.82, 2.24) is 19.1 Å². The summed E-state index contributed by atoms with van der Waals surface area (Å²) in [6.45, 7) is 1.69. The number of aryl methyl sites for hydroxylation is 1. The molecule has 2 aromatic rings. The van der Waals surface area contributed by atoms with Gasteiger partial charge in [-0.25, -0.2) is 9.78 Å². The smallest absolute Gasteiger partial charge is 0.329 e. The zero-order valence-corrected chi connectivity index (χ0v) is 10.2. The van der Waals surface area contributed by atoms with Gasteiger partial charge in [0.05, 0.1) is 6.54 Å². The summed E-state index contributed by atoms with van der Waals surface area (Å²) in [7, 11) is 1.80. The van der Waals surface area contributed by atoms with Crippen LogP contribution in [0.1, 0.15) is 11.4 Å². The summed E-state index contributed by atoms with van der Waals surface area (Å²) in [5.41, 5.74) is -0.615. The molecule has 0 aliphatic carbocycles. The number of aromatic amines is 1. The standard InChI is InChI=1S/C10H11ClN4O2/c1-6-8(11)13-10(17)15(9(6)16)5-7-12-3-4-14(7)2/h3-4H,5H2,1-2H3,(H,13,17). The zero-order valence-electron chi connectivity index (χ0n) is 9.40. The summed E-state index contributed by atoms with van der Waals surface area (Å²) < 4.78 is 2.82. The van der Waals surface area contributed by atoms with Crippen LogP contribution < -0.4 is 11.2 Å². The van der Waals surface area contributed by atoms with Crippen molar-refractivity contribution in [2.75, 3.05) is 0 Å². The van der Waals surface area contributed by atoms with Crippen LogP contribution >= 0.6 is 11.6 Å². The fourth-order valence-electron chi connectivity index (χ4n) is 1.48. The van der Waals surface area contributed by atoms with Gasteiger partial charge in [0.15, 0.2) is 0 Å². The van der Waals surface area contributed by atoms with Crippen molar-refractivity contribution in [3.05, 3.63) is 49.8 Å². The highest BCUT2D eigenvalue weighted by Gasteiger charge is 2.10. The van der Waals surface area contributed by atoms with E-state index >= 15 is 0 Å². The van der Waals surface area contributed by atoms with Gasteiger partial charge in [0.25, 0.3) is 5.56 Å². The molecular formula is C10H11ClN4O2. The Morgan fingerprint density at radius 3 is 2.76 bits per heavy atom. The Bertz CT molecular complexity index is 668. The first-order valence-corrected chi connectivity index (χ1v) is 5.34. The number of H-pyrrole nitrogens is 1. The highest BCUT2D eigenvalue weighted by Crippen LogP contribution is 2.03. The minimum atomic E-state index is -0.534. The molecule has 0 aliphatic rings. The molecule has 17 heavy (non-hydrogen) atoms. The zero-order chi connectivity index (χ0) is 12.6. The number of imidazole rings is 1. The second-order valence-electron chi connectivity index (χ2n) is 3.71. The largest absolute Gasteiger partial charge is 0.337 e. The third-order valence-electron chi connectivity index (χ3n) is 2.58. The fourth-order valence-corrected chi connectivity index (χ4v) is 1.64. The maximum Gasteiger partial charge on any atom is 0.329 e. The van der Waals surface area contributed by atoms with Crippen LogP contribution in [0.3, 0.4) is 0 Å². The molecule has 0 atom stereocenters. The third-order valence-corrected chi connectivity index (χ3v) is 2.96. The van der Waals surface area contributed by atoms with Crippen molar-refractivity contribution in [1.29, 1.82) is 0 Å². The number of hydrogen-bond acceptors (Lipinski definition) is 3. The predicted octanol–water partition coefficient (Wildman–Crippen LogP) is 0.280. The molecule has 0 amide bonds. The van der Waals surface area contributed by atoms with Crippen LogP contribution in [0.25, 0.3) is 0 Å². The number of halogens is 1. The predicted molar refractivity (Wildman–Crippen MR) is 63.4 cm³/mol. The summed E-state index contributed by atoms with van der Waals surface area (Å²) in [6.07, 6.45) is 3.36. The van der Waals surface area contributed by atoms with Gasteiger partial charge >= 0.3 is 5.69 Å². The Morgan fingerprint density at radius 2 is 2.18 bits per heavy atom. The van der Waals surface area contributed by atoms with Crippen LogP contribution in [-0.2, 0) is 13.6 Å². The van der Waals surface area contributed by atoms with Gasteiger partial charge in [-0.2, -0.15) is 0 Å². The van der Waals surface area contributed by atoms with Gasteiger partial charge in [0.2, 0.25) is 0 Å². The summed E-state index contributed by atoms with van der Waals surface area (Å²) >= 11 is 5.71. The minimum absolute atomic E-state index is 0.0797. The lowest BCUT2D eigenvalue weighted by molar-refractivity contribution is 0.638. The lowest BCUT2D eigenvalue weighted by Gasteiger charge is -2.06. The fraction of sp³-hybridized carbons (Fsp3) is 0.300. The SMILES string of the molecule is Cc1c(Cl)[nH]c(=O)n(Cc2nccn2C)c1=O. The van der Waals surface area contributed by atoms with E-state index in [1.165, 1.54) is 0 Å². The molecule has 0 spiro atoms. The van der Waals surface area contributed by atoms with Gasteiger partial charge in [-0.1, -0.05) is 11.6 Å². The Balaban J connectivity index is 2.55. The molecule has 0 saturated heterocycles. The third kappa shape index (κ3) is 2.03. The molecular weight excluding hydrogens is 244 g/mol. The van der Waals surface area contributed by atoms with Crippen molar-refractivity contribution in [2.45, 2.75) is 13.5 Å². The van der Waals surface area contributed by atoms with Crippen molar-refractivity contribution in [2.24, 2.45) is 7.05 Å². The van der Waals surface area contributed by atoms with Gasteiger partial charge in [-0.05, 0) is 6.92 Å². The summed E-state index contributed by atoms with van der Waals surface area (Å²) in [4.78, 5) is 30.0. The minimum Gasteiger partial charge on any atom is -0.337 e. The molecule has 7 heteroatoms. The monoisotopic (exact) mass is 254 g/mol. The molecule has 2 aromatic heterocycles. The van der Waals surface area contributed by atoms with Crippen LogP contribution in [0.5, 0.6) is 0 Å². The van der Waals surface area contributed by atoms with E-state index in [9.17, 15) is 9.59 Å². The molecule has 0 radical (unpaired) electrons. The molecule has 0 aromatic carbocycles. The molecule has 2 rings (SSSR count). The van der Waals surface area contributed by atoms with Gasteiger partial charge in [0.1, 0.15) is 11.0 Å². The Kier molecular flexibility index (Phi) is 2.89. The number of hydrogen-bond donors (Lipinski definition) is 1. The topological polar surface area (TPSA) is 72.7 Å². The first-order chi connectivity index (χ1) is 8.00. The second kappa shape index (κ2) is 4.21. The maximum atomic E-state index is 11.9. The van der Waals surface area contributed by atoms with E-state index in [2.05, 4.69) is 9.97 Å². The molecule has 0 unspecified atom stereocenters. The normalized spacial score (nSPS) is 10.8. The lowest BCUT2D eigenvalue weighted by atomic mass is 10.4. The van der Waals surface area contributed by atoms with E-state index in [1.807, 2.05) is 0 Å². The molecule has 1 N–H and O–H groups in total. The van der Waals surface area contributed by atoms with Gasteiger partial charge in [-0.15, -0.1) is 0 Å². The number of rotatable bonds is 2. The molecule has 90 valence electrons. The molecule has 6 nitrogen and oxygen atoms in total. The number of aromatic nitrogens is 4. The second-order valence-corrected chi connectivity index (χ2v) is 4.09. The van der Waals surface area contributed by atoms with Crippen LogP contribution in [-0.4, -0.2) is 19.1 Å². The van der Waals surface area contributed by atoms with E-state index in [1.54, 1.807) is 30.9 Å². The van der Waals surface area contributed by atoms with Gasteiger partial charge in [0, 0.05) is 25.0 Å². The quantitative estimate of drug-likeness (QED) is 0.783. The maximum absolute atomic E-state index is 11.9. The molecule has 0 fully saturated rings. The Morgan fingerprint density at radius 1 is 1.47 bits per heavy atom. The number of nitrogens with zero attached hydrogens (tertiary/aromatic N) is 3. The molecule has 2 heterocycles. The first kappa shape index (κ1) is 11.7. The van der Waals surface area contributed by atoms with E-state index < -0.39 is 11.2 Å². The van der Waals surface area contributed by atoms with Crippen LogP contribution in [0.4, 0.5) is 0 Å². The van der Waals surface area contributed by atoms with Crippen LogP contribution in [0.2, 0.25) is 5.15 Å². The van der Waals surface area contributed by atoms with E-state index in [0.29, 0.717) is 11.4 Å². The van der Waals surface area contributed by atoms with Crippen LogP contribution in [0, 0.1) is 6.92 Å². The molecule has 0 bridgehead atoms. The van der Waals surface area contributed by atoms with Crippen molar-refractivity contribution < 1.29 is 0 Å². The summed E-state index contributed by atoms with van der Waals surface area (Å²) in [5, 5.41) is 0.0797.